The molecule has 1 N–H and O–H groups in total. The summed E-state index contributed by atoms with van der Waals surface area (Å²) < 4.78 is 5.31. The van der Waals surface area contributed by atoms with Gasteiger partial charge < -0.3 is 10.1 Å². The molecule has 2 heterocycles. The first kappa shape index (κ1) is 11.5. The van der Waals surface area contributed by atoms with Crippen LogP contribution in [0.15, 0.2) is 37.4 Å². The van der Waals surface area contributed by atoms with Gasteiger partial charge in [0.2, 0.25) is 0 Å². The maximum Gasteiger partial charge on any atom is 0.145 e. The second-order valence-electron chi connectivity index (χ2n) is 4.96. The molecule has 0 aromatic carbocycles. The summed E-state index contributed by atoms with van der Waals surface area (Å²) in [5.41, 5.74) is 2.62. The Kier molecular flexibility index (Phi) is 3.15. The van der Waals surface area contributed by atoms with Gasteiger partial charge in [-0.15, -0.1) is 0 Å². The van der Waals surface area contributed by atoms with Gasteiger partial charge in [0.05, 0.1) is 12.5 Å². The first-order valence-electron chi connectivity index (χ1n) is 6.52. The van der Waals surface area contributed by atoms with Crippen molar-refractivity contribution in [1.29, 1.82) is 0 Å². The molecule has 1 fully saturated rings. The van der Waals surface area contributed by atoms with Crippen LogP contribution in [-0.2, 0) is 0 Å². The van der Waals surface area contributed by atoms with Crippen molar-refractivity contribution in [2.75, 3.05) is 13.1 Å². The quantitative estimate of drug-likeness (QED) is 0.827. The summed E-state index contributed by atoms with van der Waals surface area (Å²) in [6, 6.07) is 2.06. The average Bonchev–Trinajstić information content (AvgIpc) is 2.87. The average molecular weight is 242 g/mol. The normalized spacial score (nSPS) is 26.3. The lowest BCUT2D eigenvalue weighted by molar-refractivity contribution is 0.453. The van der Waals surface area contributed by atoms with Crippen LogP contribution >= 0.6 is 0 Å². The van der Waals surface area contributed by atoms with Crippen LogP contribution in [0.3, 0.4) is 0 Å². The van der Waals surface area contributed by atoms with Crippen LogP contribution in [0.2, 0.25) is 0 Å². The van der Waals surface area contributed by atoms with E-state index in [1.165, 1.54) is 30.2 Å². The lowest BCUT2D eigenvalue weighted by atomic mass is 9.78. The Morgan fingerprint density at radius 3 is 3.22 bits per heavy atom. The number of ether oxygens (including phenoxy) is 1. The Labute approximate surface area is 108 Å². The van der Waals surface area contributed by atoms with Crippen molar-refractivity contribution < 1.29 is 4.74 Å². The van der Waals surface area contributed by atoms with Crippen molar-refractivity contribution in [3.05, 3.63) is 42.9 Å². The molecular formula is C15H18N2O. The number of rotatable bonds is 3. The molecule has 1 saturated heterocycles. The van der Waals surface area contributed by atoms with E-state index in [9.17, 15) is 0 Å². The van der Waals surface area contributed by atoms with Gasteiger partial charge in [0.15, 0.2) is 0 Å². The predicted molar refractivity (Wildman–Crippen MR) is 72.1 cm³/mol. The number of pyridine rings is 1. The molecule has 18 heavy (non-hydrogen) atoms. The molecule has 3 rings (SSSR count). The van der Waals surface area contributed by atoms with Gasteiger partial charge in [-0.2, -0.15) is 0 Å². The zero-order valence-electron chi connectivity index (χ0n) is 10.4. The zero-order chi connectivity index (χ0) is 12.4. The van der Waals surface area contributed by atoms with Crippen LogP contribution in [0.5, 0.6) is 5.75 Å². The highest BCUT2D eigenvalue weighted by Gasteiger charge is 2.32. The highest BCUT2D eigenvalue weighted by molar-refractivity contribution is 5.69. The van der Waals surface area contributed by atoms with Gasteiger partial charge in [0, 0.05) is 18.7 Å². The van der Waals surface area contributed by atoms with Crippen LogP contribution < -0.4 is 10.1 Å². The minimum Gasteiger partial charge on any atom is -0.464 e. The predicted octanol–water partition coefficient (Wildman–Crippen LogP) is 2.62. The second-order valence-corrected chi connectivity index (χ2v) is 4.96. The topological polar surface area (TPSA) is 34.1 Å². The lowest BCUT2D eigenvalue weighted by Gasteiger charge is -2.26. The largest absolute Gasteiger partial charge is 0.464 e. The Morgan fingerprint density at radius 1 is 1.39 bits per heavy atom. The van der Waals surface area contributed by atoms with Gasteiger partial charge in [-0.3, -0.25) is 4.98 Å². The molecule has 2 aliphatic rings. The molecule has 0 spiro atoms. The standard InChI is InChI=1S/C15H18N2O/c1-2-18-13-6-12(8-16-9-13)14-5-3-4-11-7-17-10-15(11)14/h2,5-6,8-9,11,15,17H,1,3-4,7,10H2/t11-,15+/m0/s1. The summed E-state index contributed by atoms with van der Waals surface area (Å²) in [5.74, 6) is 2.19. The van der Waals surface area contributed by atoms with Crippen LogP contribution in [0.25, 0.3) is 5.57 Å². The van der Waals surface area contributed by atoms with E-state index in [4.69, 9.17) is 4.74 Å². The fraction of sp³-hybridized carbons (Fsp3) is 0.400. The summed E-state index contributed by atoms with van der Waals surface area (Å²) >= 11 is 0. The molecule has 1 aromatic rings. The van der Waals surface area contributed by atoms with Crippen molar-refractivity contribution in [3.63, 3.8) is 0 Å². The first-order valence-corrected chi connectivity index (χ1v) is 6.52. The first-order chi connectivity index (χ1) is 8.88. The second kappa shape index (κ2) is 4.94. The van der Waals surface area contributed by atoms with E-state index in [2.05, 4.69) is 29.0 Å². The van der Waals surface area contributed by atoms with E-state index in [0.29, 0.717) is 5.92 Å². The number of nitrogens with one attached hydrogen (secondary N) is 1. The molecule has 2 atom stereocenters. The van der Waals surface area contributed by atoms with Crippen molar-refractivity contribution in [2.24, 2.45) is 11.8 Å². The Balaban J connectivity index is 1.91. The van der Waals surface area contributed by atoms with E-state index < -0.39 is 0 Å². The lowest BCUT2D eigenvalue weighted by Crippen LogP contribution is -2.17. The van der Waals surface area contributed by atoms with E-state index in [-0.39, 0.29) is 0 Å². The molecule has 3 heteroatoms. The highest BCUT2D eigenvalue weighted by atomic mass is 16.5. The molecule has 94 valence electrons. The minimum atomic E-state index is 0.638. The summed E-state index contributed by atoms with van der Waals surface area (Å²) in [4.78, 5) is 4.26. The van der Waals surface area contributed by atoms with Gasteiger partial charge in [0.1, 0.15) is 5.75 Å². The van der Waals surface area contributed by atoms with E-state index in [0.717, 1.165) is 24.8 Å². The van der Waals surface area contributed by atoms with E-state index in [1.807, 2.05) is 6.20 Å². The molecule has 0 radical (unpaired) electrons. The van der Waals surface area contributed by atoms with Crippen molar-refractivity contribution in [1.82, 2.24) is 10.3 Å². The summed E-state index contributed by atoms with van der Waals surface area (Å²) in [5, 5.41) is 3.50. The Hall–Kier alpha value is -1.61. The summed E-state index contributed by atoms with van der Waals surface area (Å²) in [7, 11) is 0. The SMILES string of the molecule is C=COc1cncc(C2=CCC[C@H]3CNC[C@@H]23)c1. The third-order valence-electron chi connectivity index (χ3n) is 3.91. The van der Waals surface area contributed by atoms with Gasteiger partial charge in [-0.05, 0) is 42.5 Å². The van der Waals surface area contributed by atoms with Crippen LogP contribution in [0.4, 0.5) is 0 Å². The number of hydrogen-bond donors (Lipinski definition) is 1. The summed E-state index contributed by atoms with van der Waals surface area (Å²) in [6.45, 7) is 5.81. The van der Waals surface area contributed by atoms with E-state index >= 15 is 0 Å². The number of hydrogen-bond acceptors (Lipinski definition) is 3. The molecule has 1 aromatic heterocycles. The fourth-order valence-electron chi connectivity index (χ4n) is 3.07. The maximum atomic E-state index is 5.31. The van der Waals surface area contributed by atoms with Crippen molar-refractivity contribution >= 4 is 5.57 Å². The summed E-state index contributed by atoms with van der Waals surface area (Å²) in [6.07, 6.45) is 9.93. The Bertz CT molecular complexity index is 481. The van der Waals surface area contributed by atoms with Gasteiger partial charge >= 0.3 is 0 Å². The molecule has 0 bridgehead atoms. The third-order valence-corrected chi connectivity index (χ3v) is 3.91. The molecule has 1 aliphatic carbocycles. The van der Waals surface area contributed by atoms with Gasteiger partial charge in [-0.25, -0.2) is 0 Å². The molecule has 0 unspecified atom stereocenters. The molecule has 0 amide bonds. The fourth-order valence-corrected chi connectivity index (χ4v) is 3.07. The van der Waals surface area contributed by atoms with Crippen molar-refractivity contribution in [2.45, 2.75) is 12.8 Å². The van der Waals surface area contributed by atoms with Crippen LogP contribution in [-0.4, -0.2) is 18.1 Å². The smallest absolute Gasteiger partial charge is 0.145 e. The number of aromatic nitrogens is 1. The minimum absolute atomic E-state index is 0.638. The number of fused-ring (bicyclic) bond motifs is 1. The van der Waals surface area contributed by atoms with Crippen molar-refractivity contribution in [3.8, 4) is 5.75 Å². The van der Waals surface area contributed by atoms with Gasteiger partial charge in [0.25, 0.3) is 0 Å². The molecule has 0 saturated carbocycles. The third kappa shape index (κ3) is 2.06. The van der Waals surface area contributed by atoms with Gasteiger partial charge in [-0.1, -0.05) is 12.7 Å². The maximum absolute atomic E-state index is 5.31. The zero-order valence-corrected chi connectivity index (χ0v) is 10.4. The molecule has 3 nitrogen and oxygen atoms in total. The monoisotopic (exact) mass is 242 g/mol. The molecular weight excluding hydrogens is 224 g/mol. The molecule has 1 aliphatic heterocycles. The number of allylic oxidation sites excluding steroid dienone is 1. The van der Waals surface area contributed by atoms with Crippen LogP contribution in [0, 0.1) is 11.8 Å². The van der Waals surface area contributed by atoms with E-state index in [1.54, 1.807) is 6.20 Å². The number of nitrogens with zero attached hydrogens (tertiary/aromatic N) is 1. The van der Waals surface area contributed by atoms with Crippen LogP contribution in [0.1, 0.15) is 18.4 Å². The highest BCUT2D eigenvalue weighted by Crippen LogP contribution is 2.38. The Morgan fingerprint density at radius 2 is 2.33 bits per heavy atom.